The van der Waals surface area contributed by atoms with Crippen LogP contribution < -0.4 is 0 Å². The van der Waals surface area contributed by atoms with Crippen LogP contribution in [-0.4, -0.2) is 87.6 Å². The standard InChI is InChI=1S/C25H31Cl2N3O3S/c26-23-7-6-20(16-24(23)27)25(8-10-28-17-21(18-28)29-12-14-33-15-13-29)9-11-30(19-25)34(31,32)22-4-2-1-3-5-22/h1-7,16,21H,8-15,17-19H2. The van der Waals surface area contributed by atoms with Crippen LogP contribution in [0, 0.1) is 0 Å². The number of morpholine rings is 1. The van der Waals surface area contributed by atoms with Crippen LogP contribution in [0.2, 0.25) is 10.0 Å². The van der Waals surface area contributed by atoms with Crippen LogP contribution in [0.3, 0.4) is 0 Å². The molecule has 0 N–H and O–H groups in total. The number of halogens is 2. The third kappa shape index (κ3) is 4.89. The Morgan fingerprint density at radius 1 is 0.971 bits per heavy atom. The van der Waals surface area contributed by atoms with E-state index >= 15 is 0 Å². The first kappa shape index (κ1) is 24.5. The zero-order chi connectivity index (χ0) is 23.8. The summed E-state index contributed by atoms with van der Waals surface area (Å²) in [7, 11) is -3.55. The fourth-order valence-corrected chi connectivity index (χ4v) is 7.31. The number of ether oxygens (including phenoxy) is 1. The number of benzene rings is 2. The minimum atomic E-state index is -3.55. The fourth-order valence-electron chi connectivity index (χ4n) is 5.46. The van der Waals surface area contributed by atoms with Gasteiger partial charge in [-0.1, -0.05) is 47.5 Å². The summed E-state index contributed by atoms with van der Waals surface area (Å²) in [5, 5.41) is 1.03. The zero-order valence-electron chi connectivity index (χ0n) is 19.2. The molecule has 34 heavy (non-hydrogen) atoms. The third-order valence-electron chi connectivity index (χ3n) is 7.64. The molecule has 3 aliphatic heterocycles. The highest BCUT2D eigenvalue weighted by atomic mass is 35.5. The first-order valence-electron chi connectivity index (χ1n) is 11.9. The van der Waals surface area contributed by atoms with Crippen molar-refractivity contribution >= 4 is 33.2 Å². The predicted molar refractivity (Wildman–Crippen MR) is 135 cm³/mol. The summed E-state index contributed by atoms with van der Waals surface area (Å²) in [6.07, 6.45) is 1.64. The van der Waals surface area contributed by atoms with Crippen LogP contribution in [0.5, 0.6) is 0 Å². The molecule has 0 spiro atoms. The summed E-state index contributed by atoms with van der Waals surface area (Å²) < 4.78 is 33.8. The Bertz CT molecular complexity index is 1110. The smallest absolute Gasteiger partial charge is 0.243 e. The van der Waals surface area contributed by atoms with Gasteiger partial charge in [0.25, 0.3) is 0 Å². The molecule has 5 rings (SSSR count). The molecule has 6 nitrogen and oxygen atoms in total. The molecule has 0 radical (unpaired) electrons. The molecule has 3 fully saturated rings. The van der Waals surface area contributed by atoms with Crippen molar-refractivity contribution in [3.05, 3.63) is 64.1 Å². The lowest BCUT2D eigenvalue weighted by Crippen LogP contribution is -2.61. The third-order valence-corrected chi connectivity index (χ3v) is 10.2. The second-order valence-electron chi connectivity index (χ2n) is 9.62. The van der Waals surface area contributed by atoms with E-state index in [0.29, 0.717) is 34.1 Å². The van der Waals surface area contributed by atoms with E-state index in [1.807, 2.05) is 24.3 Å². The van der Waals surface area contributed by atoms with Gasteiger partial charge in [0.15, 0.2) is 0 Å². The van der Waals surface area contributed by atoms with Crippen LogP contribution in [0.1, 0.15) is 18.4 Å². The second kappa shape index (κ2) is 10.1. The van der Waals surface area contributed by atoms with E-state index in [4.69, 9.17) is 27.9 Å². The van der Waals surface area contributed by atoms with Gasteiger partial charge in [-0.05, 0) is 49.2 Å². The average Bonchev–Trinajstić information content (AvgIpc) is 3.28. The highest BCUT2D eigenvalue weighted by molar-refractivity contribution is 7.89. The molecule has 3 heterocycles. The molecule has 0 aliphatic carbocycles. The molecule has 0 amide bonds. The van der Waals surface area contributed by atoms with E-state index in [9.17, 15) is 8.42 Å². The molecule has 2 aromatic rings. The van der Waals surface area contributed by atoms with Gasteiger partial charge in [-0.15, -0.1) is 0 Å². The van der Waals surface area contributed by atoms with Gasteiger partial charge >= 0.3 is 0 Å². The molecular formula is C25H31Cl2N3O3S. The lowest BCUT2D eigenvalue weighted by Gasteiger charge is -2.47. The SMILES string of the molecule is O=S(=O)(c1ccccc1)N1CCC(CCN2CC(N3CCOCC3)C2)(c2ccc(Cl)c(Cl)c2)C1. The molecule has 1 unspecified atom stereocenters. The molecule has 0 saturated carbocycles. The van der Waals surface area contributed by atoms with Crippen molar-refractivity contribution in [3.8, 4) is 0 Å². The van der Waals surface area contributed by atoms with Crippen LogP contribution in [0.4, 0.5) is 0 Å². The maximum absolute atomic E-state index is 13.4. The van der Waals surface area contributed by atoms with E-state index in [2.05, 4.69) is 9.80 Å². The Morgan fingerprint density at radius 2 is 1.71 bits per heavy atom. The van der Waals surface area contributed by atoms with Crippen LogP contribution in [-0.2, 0) is 20.2 Å². The highest BCUT2D eigenvalue weighted by Gasteiger charge is 2.45. The Kier molecular flexibility index (Phi) is 7.24. The minimum Gasteiger partial charge on any atom is -0.379 e. The molecule has 1 atom stereocenters. The second-order valence-corrected chi connectivity index (χ2v) is 12.4. The monoisotopic (exact) mass is 523 g/mol. The lowest BCUT2D eigenvalue weighted by molar-refractivity contribution is -0.0334. The molecular weight excluding hydrogens is 493 g/mol. The molecule has 2 aromatic carbocycles. The van der Waals surface area contributed by atoms with E-state index in [1.165, 1.54) is 0 Å². The first-order chi connectivity index (χ1) is 16.4. The Hall–Kier alpha value is -1.19. The molecule has 184 valence electrons. The number of rotatable bonds is 7. The van der Waals surface area contributed by atoms with Crippen LogP contribution in [0.15, 0.2) is 53.4 Å². The van der Waals surface area contributed by atoms with Gasteiger partial charge < -0.3 is 9.64 Å². The summed E-state index contributed by atoms with van der Waals surface area (Å²) in [5.74, 6) is 0. The van der Waals surface area contributed by atoms with Crippen molar-refractivity contribution in [2.45, 2.75) is 29.2 Å². The lowest BCUT2D eigenvalue weighted by atomic mass is 9.76. The van der Waals surface area contributed by atoms with E-state index in [-0.39, 0.29) is 5.41 Å². The first-order valence-corrected chi connectivity index (χ1v) is 14.1. The Balaban J connectivity index is 1.32. The van der Waals surface area contributed by atoms with Gasteiger partial charge in [0, 0.05) is 50.7 Å². The number of likely N-dealkylation sites (tertiary alicyclic amines) is 1. The van der Waals surface area contributed by atoms with Crippen molar-refractivity contribution < 1.29 is 13.2 Å². The van der Waals surface area contributed by atoms with Crippen LogP contribution in [0.25, 0.3) is 0 Å². The van der Waals surface area contributed by atoms with Gasteiger partial charge in [0.05, 0.1) is 28.2 Å². The highest BCUT2D eigenvalue weighted by Crippen LogP contribution is 2.42. The Morgan fingerprint density at radius 3 is 2.41 bits per heavy atom. The summed E-state index contributed by atoms with van der Waals surface area (Å²) in [4.78, 5) is 5.35. The van der Waals surface area contributed by atoms with Gasteiger partial charge in [0.2, 0.25) is 10.0 Å². The van der Waals surface area contributed by atoms with Crippen molar-refractivity contribution in [1.82, 2.24) is 14.1 Å². The van der Waals surface area contributed by atoms with Crippen LogP contribution >= 0.6 is 23.2 Å². The topological polar surface area (TPSA) is 53.1 Å². The van der Waals surface area contributed by atoms with E-state index in [0.717, 1.165) is 64.3 Å². The minimum absolute atomic E-state index is 0.292. The molecule has 3 aliphatic rings. The maximum atomic E-state index is 13.4. The predicted octanol–water partition coefficient (Wildman–Crippen LogP) is 3.73. The number of sulfonamides is 1. The summed E-state index contributed by atoms with van der Waals surface area (Å²) in [6.45, 7) is 7.66. The molecule has 0 bridgehead atoms. The molecule has 9 heteroatoms. The van der Waals surface area contributed by atoms with Gasteiger partial charge in [-0.25, -0.2) is 8.42 Å². The fraction of sp³-hybridized carbons (Fsp3) is 0.520. The summed E-state index contributed by atoms with van der Waals surface area (Å²) in [5.41, 5.74) is 0.776. The number of nitrogens with zero attached hydrogens (tertiary/aromatic N) is 3. The normalized spacial score (nSPS) is 25.5. The summed E-state index contributed by atoms with van der Waals surface area (Å²) >= 11 is 12.6. The maximum Gasteiger partial charge on any atom is 0.243 e. The van der Waals surface area contributed by atoms with E-state index in [1.54, 1.807) is 28.6 Å². The number of hydrogen-bond acceptors (Lipinski definition) is 5. The molecule has 3 saturated heterocycles. The van der Waals surface area contributed by atoms with Crippen molar-refractivity contribution in [1.29, 1.82) is 0 Å². The largest absolute Gasteiger partial charge is 0.379 e. The van der Waals surface area contributed by atoms with Gasteiger partial charge in [-0.2, -0.15) is 4.31 Å². The van der Waals surface area contributed by atoms with E-state index < -0.39 is 10.0 Å². The van der Waals surface area contributed by atoms with Gasteiger partial charge in [-0.3, -0.25) is 4.90 Å². The molecule has 0 aromatic heterocycles. The Labute approximate surface area is 212 Å². The quantitative estimate of drug-likeness (QED) is 0.553. The zero-order valence-corrected chi connectivity index (χ0v) is 21.5. The van der Waals surface area contributed by atoms with Gasteiger partial charge in [0.1, 0.15) is 0 Å². The summed E-state index contributed by atoms with van der Waals surface area (Å²) in [6, 6.07) is 15.1. The number of hydrogen-bond donors (Lipinski definition) is 0. The van der Waals surface area contributed by atoms with Crippen molar-refractivity contribution in [2.24, 2.45) is 0 Å². The van der Waals surface area contributed by atoms with Crippen molar-refractivity contribution in [3.63, 3.8) is 0 Å². The average molecular weight is 525 g/mol. The van der Waals surface area contributed by atoms with Crippen molar-refractivity contribution in [2.75, 3.05) is 59.0 Å².